The number of halogens is 1. The second-order valence-corrected chi connectivity index (χ2v) is 8.73. The van der Waals surface area contributed by atoms with Gasteiger partial charge in [0, 0.05) is 29.4 Å². The van der Waals surface area contributed by atoms with Crippen molar-refractivity contribution in [3.05, 3.63) is 53.5 Å². The zero-order chi connectivity index (χ0) is 19.8. The predicted molar refractivity (Wildman–Crippen MR) is 109 cm³/mol. The third-order valence-electron chi connectivity index (χ3n) is 6.45. The highest BCUT2D eigenvalue weighted by Gasteiger charge is 2.46. The van der Waals surface area contributed by atoms with Crippen LogP contribution in [0.5, 0.6) is 0 Å². The molecule has 0 radical (unpaired) electrons. The summed E-state index contributed by atoms with van der Waals surface area (Å²) >= 11 is 0. The number of pyridine rings is 1. The summed E-state index contributed by atoms with van der Waals surface area (Å²) in [5, 5.41) is 8.29. The van der Waals surface area contributed by atoms with Gasteiger partial charge in [-0.2, -0.15) is 5.10 Å². The Morgan fingerprint density at radius 1 is 1.10 bits per heavy atom. The molecule has 6 rings (SSSR count). The maximum Gasteiger partial charge on any atom is 0.173 e. The topological polar surface area (TPSA) is 59.5 Å². The molecule has 1 saturated carbocycles. The first kappa shape index (κ1) is 17.1. The fourth-order valence-electron chi connectivity index (χ4n) is 4.74. The molecular weight excluding hydrogens is 367 g/mol. The molecule has 1 aliphatic heterocycles. The molecule has 1 N–H and O–H groups in total. The highest BCUT2D eigenvalue weighted by atomic mass is 19.1. The summed E-state index contributed by atoms with van der Waals surface area (Å²) in [6.45, 7) is 4.96. The van der Waals surface area contributed by atoms with Crippen LogP contribution in [-0.4, -0.2) is 36.1 Å². The van der Waals surface area contributed by atoms with Crippen LogP contribution in [-0.2, 0) is 0 Å². The zero-order valence-corrected chi connectivity index (χ0v) is 16.6. The Bertz CT molecular complexity index is 1270. The fraction of sp³-hybridized carbons (Fsp3) is 0.409. The Morgan fingerprint density at radius 3 is 2.79 bits per heavy atom. The molecule has 1 spiro atoms. The van der Waals surface area contributed by atoms with E-state index in [9.17, 15) is 4.39 Å². The van der Waals surface area contributed by atoms with Gasteiger partial charge in [0.1, 0.15) is 0 Å². The first-order valence-corrected chi connectivity index (χ1v) is 10.3. The molecule has 2 fully saturated rings. The van der Waals surface area contributed by atoms with Crippen LogP contribution in [0, 0.1) is 19.7 Å². The minimum absolute atomic E-state index is 0.315. The van der Waals surface area contributed by atoms with Crippen molar-refractivity contribution in [2.45, 2.75) is 51.0 Å². The molecule has 4 aromatic heterocycles. The maximum absolute atomic E-state index is 15.0. The summed E-state index contributed by atoms with van der Waals surface area (Å²) in [6.07, 6.45) is 10.5. The van der Waals surface area contributed by atoms with E-state index in [4.69, 9.17) is 0 Å². The van der Waals surface area contributed by atoms with Crippen LogP contribution in [0.25, 0.3) is 22.6 Å². The van der Waals surface area contributed by atoms with Crippen LogP contribution in [0.1, 0.15) is 48.6 Å². The van der Waals surface area contributed by atoms with Crippen molar-refractivity contribution in [3.8, 4) is 11.3 Å². The molecule has 29 heavy (non-hydrogen) atoms. The van der Waals surface area contributed by atoms with Gasteiger partial charge in [-0.3, -0.25) is 0 Å². The highest BCUT2D eigenvalue weighted by Crippen LogP contribution is 2.46. The van der Waals surface area contributed by atoms with Crippen LogP contribution in [0.4, 0.5) is 4.39 Å². The molecule has 1 aliphatic carbocycles. The van der Waals surface area contributed by atoms with Crippen LogP contribution in [0.3, 0.4) is 0 Å². The van der Waals surface area contributed by atoms with Gasteiger partial charge in [-0.1, -0.05) is 0 Å². The molecule has 2 aliphatic rings. The average Bonchev–Trinajstić information content (AvgIpc) is 3.13. The van der Waals surface area contributed by atoms with Gasteiger partial charge in [-0.25, -0.2) is 18.9 Å². The van der Waals surface area contributed by atoms with Crippen LogP contribution >= 0.6 is 0 Å². The van der Waals surface area contributed by atoms with E-state index in [2.05, 4.69) is 20.4 Å². The SMILES string of the molecule is Cc1cn2nc(-c3cc(F)c4nc([C@H]5CCNC6(CC6)C5)cn4c3)cc(C)c2n1. The van der Waals surface area contributed by atoms with E-state index in [1.807, 2.05) is 42.9 Å². The summed E-state index contributed by atoms with van der Waals surface area (Å²) in [4.78, 5) is 9.15. The number of rotatable bonds is 2. The molecule has 0 aromatic carbocycles. The van der Waals surface area contributed by atoms with Gasteiger partial charge in [0.25, 0.3) is 0 Å². The van der Waals surface area contributed by atoms with Crippen molar-refractivity contribution < 1.29 is 4.39 Å². The Kier molecular flexibility index (Phi) is 3.45. The number of aromatic nitrogens is 5. The smallest absolute Gasteiger partial charge is 0.173 e. The van der Waals surface area contributed by atoms with E-state index in [1.54, 1.807) is 4.52 Å². The van der Waals surface area contributed by atoms with Gasteiger partial charge in [0.05, 0.1) is 23.3 Å². The lowest BCUT2D eigenvalue weighted by molar-refractivity contribution is 0.342. The van der Waals surface area contributed by atoms with E-state index in [-0.39, 0.29) is 5.82 Å². The lowest BCUT2D eigenvalue weighted by Gasteiger charge is -2.29. The number of hydrogen-bond donors (Lipinski definition) is 1. The van der Waals surface area contributed by atoms with E-state index in [0.29, 0.717) is 17.1 Å². The lowest BCUT2D eigenvalue weighted by Crippen LogP contribution is -2.39. The molecule has 4 aromatic rings. The summed E-state index contributed by atoms with van der Waals surface area (Å²) < 4.78 is 18.5. The second kappa shape index (κ2) is 5.86. The van der Waals surface area contributed by atoms with Gasteiger partial charge in [0.15, 0.2) is 17.1 Å². The first-order valence-electron chi connectivity index (χ1n) is 10.3. The Morgan fingerprint density at radius 2 is 1.97 bits per heavy atom. The largest absolute Gasteiger partial charge is 0.311 e. The van der Waals surface area contributed by atoms with Crippen LogP contribution in [0.15, 0.2) is 30.7 Å². The standard InChI is InChI=1S/C22H23FN6/c1-13-7-18(27-29-10-14(2)25-20(13)29)16-8-17(23)21-26-19(12-28(21)11-16)15-3-6-24-22(9-15)4-5-22/h7-8,10-12,15,24H,3-6,9H2,1-2H3/t15-/m0/s1. The number of hydrogen-bond acceptors (Lipinski definition) is 4. The van der Waals surface area contributed by atoms with Crippen molar-refractivity contribution in [1.82, 2.24) is 29.3 Å². The molecule has 0 bridgehead atoms. The molecule has 7 heteroatoms. The number of nitrogens with one attached hydrogen (secondary N) is 1. The van der Waals surface area contributed by atoms with Gasteiger partial charge in [0.2, 0.25) is 0 Å². The van der Waals surface area contributed by atoms with E-state index in [1.165, 1.54) is 18.9 Å². The van der Waals surface area contributed by atoms with Crippen LogP contribution in [0.2, 0.25) is 0 Å². The fourth-order valence-corrected chi connectivity index (χ4v) is 4.74. The summed E-state index contributed by atoms with van der Waals surface area (Å²) in [5.74, 6) is 0.0809. The highest BCUT2D eigenvalue weighted by molar-refractivity contribution is 5.64. The molecular formula is C22H23FN6. The van der Waals surface area contributed by atoms with E-state index >= 15 is 0 Å². The minimum Gasteiger partial charge on any atom is -0.311 e. The molecule has 1 atom stereocenters. The first-order chi connectivity index (χ1) is 14.0. The number of aryl methyl sites for hydroxylation is 2. The summed E-state index contributed by atoms with van der Waals surface area (Å²) in [7, 11) is 0. The second-order valence-electron chi connectivity index (χ2n) is 8.73. The predicted octanol–water partition coefficient (Wildman–Crippen LogP) is 3.80. The molecule has 6 nitrogen and oxygen atoms in total. The Labute approximate surface area is 167 Å². The Balaban J connectivity index is 1.42. The Hall–Kier alpha value is -2.80. The number of imidazole rings is 2. The molecule has 5 heterocycles. The zero-order valence-electron chi connectivity index (χ0n) is 16.6. The van der Waals surface area contributed by atoms with E-state index in [0.717, 1.165) is 53.2 Å². The van der Waals surface area contributed by atoms with Crippen molar-refractivity contribution in [2.24, 2.45) is 0 Å². The van der Waals surface area contributed by atoms with Crippen molar-refractivity contribution in [1.29, 1.82) is 0 Å². The molecule has 0 amide bonds. The molecule has 1 saturated heterocycles. The van der Waals surface area contributed by atoms with Crippen LogP contribution < -0.4 is 5.32 Å². The normalized spacial score (nSPS) is 20.7. The van der Waals surface area contributed by atoms with E-state index < -0.39 is 0 Å². The molecule has 0 unspecified atom stereocenters. The monoisotopic (exact) mass is 390 g/mol. The summed E-state index contributed by atoms with van der Waals surface area (Å²) in [6, 6.07) is 3.50. The van der Waals surface area contributed by atoms with Gasteiger partial charge in [-0.15, -0.1) is 0 Å². The van der Waals surface area contributed by atoms with Crippen molar-refractivity contribution >= 4 is 11.3 Å². The average molecular weight is 390 g/mol. The maximum atomic E-state index is 15.0. The van der Waals surface area contributed by atoms with Gasteiger partial charge < -0.3 is 9.72 Å². The lowest BCUT2D eigenvalue weighted by atomic mass is 9.88. The van der Waals surface area contributed by atoms with Gasteiger partial charge >= 0.3 is 0 Å². The third kappa shape index (κ3) is 2.75. The third-order valence-corrected chi connectivity index (χ3v) is 6.45. The molecule has 148 valence electrons. The number of fused-ring (bicyclic) bond motifs is 2. The quantitative estimate of drug-likeness (QED) is 0.566. The minimum atomic E-state index is -0.315. The number of nitrogens with zero attached hydrogens (tertiary/aromatic N) is 5. The number of piperidine rings is 1. The van der Waals surface area contributed by atoms with Gasteiger partial charge in [-0.05, 0) is 63.8 Å². The van der Waals surface area contributed by atoms with Crippen molar-refractivity contribution in [3.63, 3.8) is 0 Å². The summed E-state index contributed by atoms with van der Waals surface area (Å²) in [5.41, 5.74) is 5.93. The van der Waals surface area contributed by atoms with Crippen molar-refractivity contribution in [2.75, 3.05) is 6.54 Å².